The molecule has 4 nitrogen and oxygen atoms in total. The van der Waals surface area contributed by atoms with Gasteiger partial charge < -0.3 is 15.3 Å². The van der Waals surface area contributed by atoms with Crippen molar-refractivity contribution in [3.05, 3.63) is 0 Å². The summed E-state index contributed by atoms with van der Waals surface area (Å²) >= 11 is 0. The van der Waals surface area contributed by atoms with Gasteiger partial charge in [-0.3, -0.25) is 4.79 Å². The maximum absolute atomic E-state index is 10.2. The minimum Gasteiger partial charge on any atom is -0.481 e. The van der Waals surface area contributed by atoms with Gasteiger partial charge in [0.1, 0.15) is 0 Å². The highest BCUT2D eigenvalue weighted by molar-refractivity contribution is 5.66. The monoisotopic (exact) mass is 204 g/mol. The third-order valence-corrected chi connectivity index (χ3v) is 2.15. The molecule has 3 N–H and O–H groups in total. The lowest BCUT2D eigenvalue weighted by Gasteiger charge is -2.21. The Balaban J connectivity index is 3.49. The van der Waals surface area contributed by atoms with Crippen LogP contribution in [0.3, 0.4) is 0 Å². The third kappa shape index (κ3) is 8.01. The number of carboxylic acid groups (broad SMARTS) is 1. The first-order chi connectivity index (χ1) is 6.48. The second-order valence-electron chi connectivity index (χ2n) is 3.69. The Bertz CT molecular complexity index is 166. The van der Waals surface area contributed by atoms with Gasteiger partial charge in [-0.2, -0.15) is 0 Å². The van der Waals surface area contributed by atoms with Gasteiger partial charge in [-0.25, -0.2) is 0 Å². The average Bonchev–Trinajstić information content (AvgIpc) is 2.09. The summed E-state index contributed by atoms with van der Waals surface area (Å²) in [4.78, 5) is 10.2. The lowest BCUT2D eigenvalue weighted by atomic mass is 10.0. The zero-order valence-electron chi connectivity index (χ0n) is 8.70. The Kier molecular flexibility index (Phi) is 6.49. The van der Waals surface area contributed by atoms with Crippen LogP contribution in [0, 0.1) is 0 Å². The van der Waals surface area contributed by atoms with Crippen LogP contribution in [0.1, 0.15) is 51.9 Å². The van der Waals surface area contributed by atoms with Gasteiger partial charge in [0.15, 0.2) is 5.79 Å². The van der Waals surface area contributed by atoms with Crippen LogP contribution < -0.4 is 0 Å². The number of aliphatic hydroxyl groups is 2. The van der Waals surface area contributed by atoms with Gasteiger partial charge in [0.2, 0.25) is 0 Å². The molecule has 0 aromatic heterocycles. The van der Waals surface area contributed by atoms with Crippen LogP contribution in [-0.2, 0) is 4.79 Å². The van der Waals surface area contributed by atoms with E-state index >= 15 is 0 Å². The molecular weight excluding hydrogens is 184 g/mol. The molecule has 0 rings (SSSR count). The molecule has 0 atom stereocenters. The predicted molar refractivity (Wildman–Crippen MR) is 52.8 cm³/mol. The standard InChI is InChI=1S/C10H20O4/c1-2-3-7-10(13,14)8-5-4-6-9(11)12/h13-14H,2-8H2,1H3,(H,11,12). The molecule has 14 heavy (non-hydrogen) atoms. The molecule has 0 unspecified atom stereocenters. The summed E-state index contributed by atoms with van der Waals surface area (Å²) in [5, 5.41) is 27.2. The number of aliphatic carboxylic acids is 1. The minimum absolute atomic E-state index is 0.101. The molecular formula is C10H20O4. The fourth-order valence-electron chi connectivity index (χ4n) is 1.27. The third-order valence-electron chi connectivity index (χ3n) is 2.15. The zero-order valence-corrected chi connectivity index (χ0v) is 8.70. The average molecular weight is 204 g/mol. The molecule has 4 heteroatoms. The summed E-state index contributed by atoms with van der Waals surface area (Å²) in [6.07, 6.45) is 3.50. The van der Waals surface area contributed by atoms with Crippen molar-refractivity contribution >= 4 is 5.97 Å². The molecule has 0 aliphatic carbocycles. The molecule has 0 saturated carbocycles. The van der Waals surface area contributed by atoms with Crippen LogP contribution in [-0.4, -0.2) is 27.1 Å². The van der Waals surface area contributed by atoms with Gasteiger partial charge in [-0.1, -0.05) is 13.3 Å². The Morgan fingerprint density at radius 1 is 1.14 bits per heavy atom. The summed E-state index contributed by atoms with van der Waals surface area (Å²) in [5.41, 5.74) is 0. The van der Waals surface area contributed by atoms with Gasteiger partial charge in [0.05, 0.1) is 0 Å². The van der Waals surface area contributed by atoms with E-state index in [-0.39, 0.29) is 12.8 Å². The molecule has 0 bridgehead atoms. The number of hydrogen-bond acceptors (Lipinski definition) is 3. The molecule has 0 radical (unpaired) electrons. The van der Waals surface area contributed by atoms with Crippen molar-refractivity contribution < 1.29 is 20.1 Å². The van der Waals surface area contributed by atoms with Crippen molar-refractivity contribution in [2.45, 2.75) is 57.7 Å². The molecule has 84 valence electrons. The van der Waals surface area contributed by atoms with Crippen LogP contribution in [0.25, 0.3) is 0 Å². The van der Waals surface area contributed by atoms with Gasteiger partial charge in [-0.15, -0.1) is 0 Å². The zero-order chi connectivity index (χ0) is 11.0. The Hall–Kier alpha value is -0.610. The van der Waals surface area contributed by atoms with Crippen molar-refractivity contribution in [1.82, 2.24) is 0 Å². The largest absolute Gasteiger partial charge is 0.481 e. The van der Waals surface area contributed by atoms with Gasteiger partial charge in [0, 0.05) is 19.3 Å². The molecule has 0 aliphatic rings. The molecule has 0 amide bonds. The fraction of sp³-hybridized carbons (Fsp3) is 0.900. The van der Waals surface area contributed by atoms with Crippen molar-refractivity contribution in [2.75, 3.05) is 0 Å². The van der Waals surface area contributed by atoms with E-state index in [1.165, 1.54) is 0 Å². The maximum Gasteiger partial charge on any atom is 0.303 e. The molecule has 0 spiro atoms. The van der Waals surface area contributed by atoms with Gasteiger partial charge >= 0.3 is 5.97 Å². The predicted octanol–water partition coefficient (Wildman–Crippen LogP) is 1.50. The van der Waals surface area contributed by atoms with Crippen LogP contribution in [0.2, 0.25) is 0 Å². The van der Waals surface area contributed by atoms with Crippen LogP contribution in [0.15, 0.2) is 0 Å². The highest BCUT2D eigenvalue weighted by Gasteiger charge is 2.21. The second kappa shape index (κ2) is 6.79. The molecule has 0 heterocycles. The van der Waals surface area contributed by atoms with Crippen LogP contribution in [0.5, 0.6) is 0 Å². The Morgan fingerprint density at radius 3 is 2.21 bits per heavy atom. The number of hydrogen-bond donors (Lipinski definition) is 3. The maximum atomic E-state index is 10.2. The van der Waals surface area contributed by atoms with Crippen molar-refractivity contribution in [3.63, 3.8) is 0 Å². The molecule has 0 aromatic carbocycles. The summed E-state index contributed by atoms with van der Waals surface area (Å²) in [7, 11) is 0. The molecule has 0 aliphatic heterocycles. The van der Waals surface area contributed by atoms with Gasteiger partial charge in [-0.05, 0) is 19.3 Å². The number of carboxylic acids is 1. The molecule has 0 aromatic rings. The van der Waals surface area contributed by atoms with Crippen LogP contribution >= 0.6 is 0 Å². The molecule has 0 saturated heterocycles. The summed E-state index contributed by atoms with van der Waals surface area (Å²) in [6, 6.07) is 0. The summed E-state index contributed by atoms with van der Waals surface area (Å²) < 4.78 is 0. The van der Waals surface area contributed by atoms with E-state index in [1.807, 2.05) is 6.92 Å². The lowest BCUT2D eigenvalue weighted by Crippen LogP contribution is -2.27. The fourth-order valence-corrected chi connectivity index (χ4v) is 1.27. The minimum atomic E-state index is -1.60. The van der Waals surface area contributed by atoms with E-state index in [2.05, 4.69) is 0 Å². The smallest absolute Gasteiger partial charge is 0.303 e. The summed E-state index contributed by atoms with van der Waals surface area (Å²) in [5.74, 6) is -2.44. The summed E-state index contributed by atoms with van der Waals surface area (Å²) in [6.45, 7) is 1.99. The quantitative estimate of drug-likeness (QED) is 0.413. The van der Waals surface area contributed by atoms with Crippen LogP contribution in [0.4, 0.5) is 0 Å². The van der Waals surface area contributed by atoms with E-state index in [1.54, 1.807) is 0 Å². The first-order valence-corrected chi connectivity index (χ1v) is 5.14. The first-order valence-electron chi connectivity index (χ1n) is 5.14. The number of carbonyl (C=O) groups is 1. The van der Waals surface area contributed by atoms with Gasteiger partial charge in [0.25, 0.3) is 0 Å². The number of unbranched alkanes of at least 4 members (excludes halogenated alkanes) is 2. The highest BCUT2D eigenvalue weighted by Crippen LogP contribution is 2.18. The Morgan fingerprint density at radius 2 is 1.71 bits per heavy atom. The van der Waals surface area contributed by atoms with E-state index < -0.39 is 11.8 Å². The topological polar surface area (TPSA) is 77.8 Å². The normalized spacial score (nSPS) is 11.6. The number of rotatable bonds is 8. The van der Waals surface area contributed by atoms with E-state index in [4.69, 9.17) is 5.11 Å². The SMILES string of the molecule is CCCCC(O)(O)CCCCC(=O)O. The van der Waals surface area contributed by atoms with E-state index in [0.717, 1.165) is 12.8 Å². The van der Waals surface area contributed by atoms with E-state index in [9.17, 15) is 15.0 Å². The van der Waals surface area contributed by atoms with Crippen molar-refractivity contribution in [2.24, 2.45) is 0 Å². The molecule has 0 fully saturated rings. The van der Waals surface area contributed by atoms with E-state index in [0.29, 0.717) is 19.3 Å². The first kappa shape index (κ1) is 13.4. The Labute approximate surface area is 84.6 Å². The van der Waals surface area contributed by atoms with Crippen molar-refractivity contribution in [1.29, 1.82) is 0 Å². The lowest BCUT2D eigenvalue weighted by molar-refractivity contribution is -0.172. The second-order valence-corrected chi connectivity index (χ2v) is 3.69. The van der Waals surface area contributed by atoms with Crippen molar-refractivity contribution in [3.8, 4) is 0 Å². The highest BCUT2D eigenvalue weighted by atomic mass is 16.5.